The third-order valence-electron chi connectivity index (χ3n) is 6.14. The van der Waals surface area contributed by atoms with Crippen LogP contribution >= 0.6 is 68.8 Å². The van der Waals surface area contributed by atoms with E-state index in [1.54, 1.807) is 0 Å². The summed E-state index contributed by atoms with van der Waals surface area (Å²) in [5.74, 6) is -1.90. The van der Waals surface area contributed by atoms with Gasteiger partial charge < -0.3 is 29.7 Å². The van der Waals surface area contributed by atoms with E-state index in [0.717, 1.165) is 22.0 Å². The molecule has 2 aromatic carbocycles. The second-order valence-corrected chi connectivity index (χ2v) is 16.5. The molecule has 2 aromatic rings. The Labute approximate surface area is 310 Å². The van der Waals surface area contributed by atoms with E-state index in [2.05, 4.69) is 45.3 Å². The fraction of sp³-hybridized carbons (Fsp3) is 0.357. The van der Waals surface area contributed by atoms with E-state index in [1.165, 1.54) is 84.3 Å². The number of nitrogens with one attached hydrogen (secondary N) is 4. The lowest BCUT2D eigenvalue weighted by molar-refractivity contribution is -0.143. The first-order valence-corrected chi connectivity index (χ1v) is 21.3. The Bertz CT molecular complexity index is 1430. The topological polar surface area (TPSA) is 203 Å². The average Bonchev–Trinajstić information content (AvgIpc) is 3.13. The maximum Gasteiger partial charge on any atom is 0.329 e. The van der Waals surface area contributed by atoms with Crippen molar-refractivity contribution in [2.45, 2.75) is 34.0 Å². The van der Waals surface area contributed by atoms with Crippen molar-refractivity contribution in [2.24, 2.45) is 0 Å². The van der Waals surface area contributed by atoms with Crippen LogP contribution in [0.2, 0.25) is 0 Å². The maximum absolute atomic E-state index is 13.3. The number of sulfone groups is 1. The van der Waals surface area contributed by atoms with Crippen molar-refractivity contribution < 1.29 is 46.7 Å². The molecule has 0 radical (unpaired) electrons. The molecule has 0 aliphatic heterocycles. The van der Waals surface area contributed by atoms with Crippen LogP contribution in [0.4, 0.5) is 0 Å². The lowest BCUT2D eigenvalue weighted by Gasteiger charge is -2.17. The molecule has 0 aliphatic rings. The third kappa shape index (κ3) is 13.7. The summed E-state index contributed by atoms with van der Waals surface area (Å²) in [6.45, 7) is 0. The summed E-state index contributed by atoms with van der Waals surface area (Å²) < 4.78 is 41.8. The van der Waals surface area contributed by atoms with Gasteiger partial charge in [-0.1, -0.05) is 21.6 Å². The van der Waals surface area contributed by atoms with Gasteiger partial charge in [0.15, 0.2) is 0 Å². The van der Waals surface area contributed by atoms with Gasteiger partial charge in [0, 0.05) is 34.1 Å². The number of methoxy groups -OCH3 is 2. The predicted molar refractivity (Wildman–Crippen MR) is 199 cm³/mol. The van der Waals surface area contributed by atoms with E-state index in [1.807, 2.05) is 0 Å². The summed E-state index contributed by atoms with van der Waals surface area (Å²) in [6, 6.07) is 7.08. The molecule has 14 nitrogen and oxygen atoms in total. The number of hydrogen-bond acceptors (Lipinski definition) is 18. The maximum atomic E-state index is 13.3. The fourth-order valence-corrected chi connectivity index (χ4v) is 9.17. The van der Waals surface area contributed by atoms with Crippen LogP contribution in [0.25, 0.3) is 0 Å². The van der Waals surface area contributed by atoms with E-state index < -0.39 is 57.8 Å². The Morgan fingerprint density at radius 3 is 1.33 bits per heavy atom. The van der Waals surface area contributed by atoms with Gasteiger partial charge in [-0.2, -0.15) is 25.3 Å². The number of benzene rings is 2. The highest BCUT2D eigenvalue weighted by Crippen LogP contribution is 2.24. The summed E-state index contributed by atoms with van der Waals surface area (Å²) in [7, 11) is 2.87. The molecule has 0 spiro atoms. The fourth-order valence-electron chi connectivity index (χ4n) is 3.42. The summed E-state index contributed by atoms with van der Waals surface area (Å²) in [5, 5.41) is 5.11. The molecular weight excluding hydrogens is 777 g/mol. The minimum absolute atomic E-state index is 0.0875. The van der Waals surface area contributed by atoms with Crippen LogP contribution in [0.3, 0.4) is 0 Å². The molecule has 0 fully saturated rings. The van der Waals surface area contributed by atoms with Crippen molar-refractivity contribution >= 4 is 115 Å². The van der Waals surface area contributed by atoms with Crippen LogP contribution < -0.4 is 20.1 Å². The first-order valence-electron chi connectivity index (χ1n) is 13.9. The molecule has 2 rings (SSSR count). The molecule has 268 valence electrons. The van der Waals surface area contributed by atoms with Gasteiger partial charge in [0.1, 0.15) is 24.7 Å². The highest BCUT2D eigenvalue weighted by atomic mass is 33.1. The second-order valence-electron chi connectivity index (χ2n) is 9.47. The standard InChI is InChI=1S/C28H34N4O10S7/c1-41-27(37)23(15-45-47-31-19(11-33)13-43)29-25(35)17-3-7-21(8-4-17)49(39,40)22-9-5-18(6-10-22)26(36)30-24(28(38)42-2)16-46-48-32-20(12-34)14-44/h3-12,19-20,23-24,31-32,43-44H,13-16H2,1-2H3,(H,29,35)(H,30,36)/t19-,20-,23?,24?/m1/s1. The molecule has 21 heteroatoms. The van der Waals surface area contributed by atoms with E-state index >= 15 is 0 Å². The SMILES string of the molecule is COC(=O)C(CSSN[C@H](C=O)CS)NC(=O)c1ccc(S(=O)(=O)c2ccc(C(=O)NC(CSSN[C@H](C=O)CS)C(=O)OC)cc2)cc1. The van der Waals surface area contributed by atoms with Gasteiger partial charge in [-0.3, -0.25) is 9.59 Å². The quantitative estimate of drug-likeness (QED) is 0.0251. The Morgan fingerprint density at radius 1 is 0.694 bits per heavy atom. The lowest BCUT2D eigenvalue weighted by Crippen LogP contribution is -2.43. The van der Waals surface area contributed by atoms with Crippen LogP contribution in [0.1, 0.15) is 20.7 Å². The Balaban J connectivity index is 2.05. The number of amides is 2. The van der Waals surface area contributed by atoms with Crippen molar-refractivity contribution in [3.05, 3.63) is 59.7 Å². The van der Waals surface area contributed by atoms with Crippen LogP contribution in [0.15, 0.2) is 58.3 Å². The minimum Gasteiger partial charge on any atom is -0.467 e. The van der Waals surface area contributed by atoms with Gasteiger partial charge in [0.2, 0.25) is 9.84 Å². The normalized spacial score (nSPS) is 13.6. The number of ether oxygens (including phenoxy) is 2. The third-order valence-corrected chi connectivity index (χ3v) is 12.8. The van der Waals surface area contributed by atoms with E-state index in [9.17, 15) is 37.2 Å². The molecule has 0 aliphatic carbocycles. The average molecular weight is 811 g/mol. The zero-order valence-corrected chi connectivity index (χ0v) is 31.8. The minimum atomic E-state index is -4.06. The summed E-state index contributed by atoms with van der Waals surface area (Å²) >= 11 is 8.09. The zero-order valence-electron chi connectivity index (χ0n) is 25.9. The van der Waals surface area contributed by atoms with Gasteiger partial charge in [-0.05, 0) is 70.5 Å². The Kier molecular flexibility index (Phi) is 19.6. The smallest absolute Gasteiger partial charge is 0.329 e. The first-order chi connectivity index (χ1) is 23.4. The van der Waals surface area contributed by atoms with Crippen LogP contribution in [0, 0.1) is 0 Å². The van der Waals surface area contributed by atoms with E-state index in [4.69, 9.17) is 9.47 Å². The summed E-state index contributed by atoms with van der Waals surface area (Å²) in [6.07, 6.45) is 1.39. The van der Waals surface area contributed by atoms with Gasteiger partial charge in [0.25, 0.3) is 11.8 Å². The number of rotatable bonds is 22. The van der Waals surface area contributed by atoms with Gasteiger partial charge in [-0.25, -0.2) is 27.5 Å². The van der Waals surface area contributed by atoms with Crippen molar-refractivity contribution in [2.75, 3.05) is 37.2 Å². The van der Waals surface area contributed by atoms with Gasteiger partial charge in [0.05, 0.1) is 36.1 Å². The molecule has 4 N–H and O–H groups in total. The highest BCUT2D eigenvalue weighted by molar-refractivity contribution is 8.76. The molecule has 0 saturated carbocycles. The molecule has 4 atom stereocenters. The van der Waals surface area contributed by atoms with E-state index in [-0.39, 0.29) is 43.9 Å². The highest BCUT2D eigenvalue weighted by Gasteiger charge is 2.25. The lowest BCUT2D eigenvalue weighted by atomic mass is 10.2. The molecule has 2 amide bonds. The molecule has 49 heavy (non-hydrogen) atoms. The van der Waals surface area contributed by atoms with Crippen molar-refractivity contribution in [3.8, 4) is 0 Å². The number of aldehydes is 2. The molecule has 2 unspecified atom stereocenters. The molecule has 0 bridgehead atoms. The Hall–Kier alpha value is -2.37. The van der Waals surface area contributed by atoms with Gasteiger partial charge >= 0.3 is 11.9 Å². The second kappa shape index (κ2) is 22.4. The van der Waals surface area contributed by atoms with Gasteiger partial charge in [-0.15, -0.1) is 0 Å². The van der Waals surface area contributed by atoms with Crippen LogP contribution in [-0.2, 0) is 38.5 Å². The summed E-state index contributed by atoms with van der Waals surface area (Å²) in [5.41, 5.74) is 0.175. The molecule has 0 heterocycles. The van der Waals surface area contributed by atoms with Crippen molar-refractivity contribution in [1.82, 2.24) is 20.1 Å². The number of hydrogen-bond donors (Lipinski definition) is 6. The largest absolute Gasteiger partial charge is 0.467 e. The molecule has 0 saturated heterocycles. The van der Waals surface area contributed by atoms with E-state index in [0.29, 0.717) is 12.6 Å². The molecular formula is C28H34N4O10S7. The summed E-state index contributed by atoms with van der Waals surface area (Å²) in [4.78, 5) is 71.7. The van der Waals surface area contributed by atoms with Crippen LogP contribution in [0.5, 0.6) is 0 Å². The monoisotopic (exact) mass is 810 g/mol. The predicted octanol–water partition coefficient (Wildman–Crippen LogP) is 1.83. The number of carbonyl (C=O) groups is 6. The number of thiol groups is 2. The van der Waals surface area contributed by atoms with Crippen molar-refractivity contribution in [3.63, 3.8) is 0 Å². The molecule has 0 aromatic heterocycles. The number of esters is 2. The number of carbonyl (C=O) groups excluding carboxylic acids is 6. The zero-order chi connectivity index (χ0) is 36.4. The Morgan fingerprint density at radius 2 is 1.04 bits per heavy atom. The first kappa shape index (κ1) is 42.8. The van der Waals surface area contributed by atoms with Crippen molar-refractivity contribution in [1.29, 1.82) is 0 Å². The van der Waals surface area contributed by atoms with Crippen LogP contribution in [-0.4, -0.2) is 106 Å².